The number of hydrogen-bond acceptors (Lipinski definition) is 1. The van der Waals surface area contributed by atoms with Gasteiger partial charge in [0.2, 0.25) is 0 Å². The van der Waals surface area contributed by atoms with Gasteiger partial charge in [-0.15, -0.1) is 24.0 Å². The molecule has 5 heteroatoms. The van der Waals surface area contributed by atoms with Crippen LogP contribution in [0.25, 0.3) is 0 Å². The highest BCUT2D eigenvalue weighted by Gasteiger charge is 2.05. The molecule has 19 heavy (non-hydrogen) atoms. The minimum atomic E-state index is -0.201. The first-order valence-electron chi connectivity index (χ1n) is 6.41. The molecule has 0 saturated heterocycles. The van der Waals surface area contributed by atoms with Gasteiger partial charge in [-0.3, -0.25) is 4.99 Å². The highest BCUT2D eigenvalue weighted by atomic mass is 127. The Kier molecular flexibility index (Phi) is 9.55. The molecule has 1 rings (SSSR count). The van der Waals surface area contributed by atoms with Crippen molar-refractivity contribution < 1.29 is 4.39 Å². The van der Waals surface area contributed by atoms with Crippen LogP contribution in [0.5, 0.6) is 0 Å². The molecule has 0 unspecified atom stereocenters. The van der Waals surface area contributed by atoms with Gasteiger partial charge < -0.3 is 10.2 Å². The van der Waals surface area contributed by atoms with Gasteiger partial charge in [0.25, 0.3) is 0 Å². The van der Waals surface area contributed by atoms with Crippen LogP contribution in [-0.2, 0) is 6.54 Å². The molecular formula is C14H23FIN3. The van der Waals surface area contributed by atoms with Crippen molar-refractivity contribution in [2.24, 2.45) is 4.99 Å². The lowest BCUT2D eigenvalue weighted by Gasteiger charge is -2.22. The average Bonchev–Trinajstić information content (AvgIpc) is 2.37. The molecular weight excluding hydrogens is 356 g/mol. The minimum Gasteiger partial charge on any atom is -0.357 e. The summed E-state index contributed by atoms with van der Waals surface area (Å²) in [6, 6.07) is 6.57. The van der Waals surface area contributed by atoms with Crippen molar-refractivity contribution in [2.75, 3.05) is 20.1 Å². The molecule has 3 nitrogen and oxygen atoms in total. The normalized spacial score (nSPS) is 10.8. The third-order valence-electron chi connectivity index (χ3n) is 2.51. The van der Waals surface area contributed by atoms with Crippen LogP contribution in [0.1, 0.15) is 25.8 Å². The fourth-order valence-corrected chi connectivity index (χ4v) is 1.63. The van der Waals surface area contributed by atoms with Gasteiger partial charge in [-0.05, 0) is 31.0 Å². The monoisotopic (exact) mass is 379 g/mol. The van der Waals surface area contributed by atoms with Crippen molar-refractivity contribution in [3.63, 3.8) is 0 Å². The molecule has 0 aromatic heterocycles. The third-order valence-corrected chi connectivity index (χ3v) is 2.51. The number of aliphatic imine (C=N–C) groups is 1. The molecule has 0 bridgehead atoms. The minimum absolute atomic E-state index is 0. The van der Waals surface area contributed by atoms with Gasteiger partial charge in [0.05, 0.1) is 0 Å². The van der Waals surface area contributed by atoms with Crippen molar-refractivity contribution in [2.45, 2.75) is 26.8 Å². The second-order valence-corrected chi connectivity index (χ2v) is 4.22. The third kappa shape index (κ3) is 6.75. The summed E-state index contributed by atoms with van der Waals surface area (Å²) in [6.45, 7) is 6.53. The molecule has 0 amide bonds. The predicted molar refractivity (Wildman–Crippen MR) is 89.6 cm³/mol. The Balaban J connectivity index is 0.00000324. The second-order valence-electron chi connectivity index (χ2n) is 4.22. The van der Waals surface area contributed by atoms with Crippen LogP contribution in [0.4, 0.5) is 4.39 Å². The van der Waals surface area contributed by atoms with E-state index in [1.54, 1.807) is 12.1 Å². The van der Waals surface area contributed by atoms with Crippen LogP contribution in [0, 0.1) is 5.82 Å². The van der Waals surface area contributed by atoms with E-state index in [-0.39, 0.29) is 29.8 Å². The van der Waals surface area contributed by atoms with E-state index in [1.165, 1.54) is 12.1 Å². The summed E-state index contributed by atoms with van der Waals surface area (Å²) in [7, 11) is 1.99. The smallest absolute Gasteiger partial charge is 0.193 e. The summed E-state index contributed by atoms with van der Waals surface area (Å²) in [5.74, 6) is 0.691. The molecule has 0 aliphatic carbocycles. The SMILES string of the molecule is CCCN=C(NCC)N(C)Cc1ccc(F)cc1.I. The molecule has 1 aromatic rings. The highest BCUT2D eigenvalue weighted by molar-refractivity contribution is 14.0. The summed E-state index contributed by atoms with van der Waals surface area (Å²) in [5.41, 5.74) is 1.07. The zero-order valence-corrected chi connectivity index (χ0v) is 14.1. The van der Waals surface area contributed by atoms with Gasteiger partial charge in [-0.1, -0.05) is 19.1 Å². The molecule has 1 N–H and O–H groups in total. The van der Waals surface area contributed by atoms with E-state index in [9.17, 15) is 4.39 Å². The van der Waals surface area contributed by atoms with Crippen molar-refractivity contribution >= 4 is 29.9 Å². The van der Waals surface area contributed by atoms with Gasteiger partial charge in [-0.2, -0.15) is 0 Å². The molecule has 0 aliphatic heterocycles. The molecule has 0 aliphatic rings. The topological polar surface area (TPSA) is 27.6 Å². The van der Waals surface area contributed by atoms with Gasteiger partial charge in [0, 0.05) is 26.7 Å². The van der Waals surface area contributed by atoms with Gasteiger partial charge in [0.15, 0.2) is 5.96 Å². The van der Waals surface area contributed by atoms with Crippen LogP contribution in [0.15, 0.2) is 29.3 Å². The van der Waals surface area contributed by atoms with Gasteiger partial charge in [-0.25, -0.2) is 4.39 Å². The molecule has 108 valence electrons. The van der Waals surface area contributed by atoms with E-state index in [2.05, 4.69) is 17.2 Å². The number of nitrogens with zero attached hydrogens (tertiary/aromatic N) is 2. The van der Waals surface area contributed by atoms with E-state index in [0.29, 0.717) is 0 Å². The Morgan fingerprint density at radius 2 is 1.89 bits per heavy atom. The van der Waals surface area contributed by atoms with Crippen LogP contribution in [0.2, 0.25) is 0 Å². The highest BCUT2D eigenvalue weighted by Crippen LogP contribution is 2.05. The van der Waals surface area contributed by atoms with E-state index in [0.717, 1.165) is 37.6 Å². The van der Waals surface area contributed by atoms with Crippen molar-refractivity contribution in [3.8, 4) is 0 Å². The average molecular weight is 379 g/mol. The Morgan fingerprint density at radius 1 is 1.26 bits per heavy atom. The Morgan fingerprint density at radius 3 is 2.42 bits per heavy atom. The standard InChI is InChI=1S/C14H22FN3.HI/c1-4-10-17-14(16-5-2)18(3)11-12-6-8-13(15)9-7-12;/h6-9H,4-5,10-11H2,1-3H3,(H,16,17);1H. The lowest BCUT2D eigenvalue weighted by Crippen LogP contribution is -2.38. The van der Waals surface area contributed by atoms with Crippen LogP contribution >= 0.6 is 24.0 Å². The number of rotatable bonds is 5. The molecule has 0 heterocycles. The predicted octanol–water partition coefficient (Wildman–Crippen LogP) is 3.25. The maximum absolute atomic E-state index is 12.8. The largest absolute Gasteiger partial charge is 0.357 e. The quantitative estimate of drug-likeness (QED) is 0.483. The first-order valence-corrected chi connectivity index (χ1v) is 6.41. The molecule has 0 atom stereocenters. The fraction of sp³-hybridized carbons (Fsp3) is 0.500. The first-order chi connectivity index (χ1) is 8.67. The Labute approximate surface area is 132 Å². The fourth-order valence-electron chi connectivity index (χ4n) is 1.63. The number of hydrogen-bond donors (Lipinski definition) is 1. The zero-order valence-electron chi connectivity index (χ0n) is 11.8. The second kappa shape index (κ2) is 10.00. The number of nitrogens with one attached hydrogen (secondary N) is 1. The summed E-state index contributed by atoms with van der Waals surface area (Å²) < 4.78 is 12.8. The number of halogens is 2. The van der Waals surface area contributed by atoms with E-state index in [1.807, 2.05) is 18.9 Å². The Hall–Kier alpha value is -0.850. The molecule has 0 spiro atoms. The molecule has 0 fully saturated rings. The van der Waals surface area contributed by atoms with E-state index >= 15 is 0 Å². The maximum atomic E-state index is 12.8. The van der Waals surface area contributed by atoms with Crippen LogP contribution in [0.3, 0.4) is 0 Å². The molecule has 0 saturated carbocycles. The van der Waals surface area contributed by atoms with Crippen LogP contribution < -0.4 is 5.32 Å². The van der Waals surface area contributed by atoms with Crippen molar-refractivity contribution in [3.05, 3.63) is 35.6 Å². The lowest BCUT2D eigenvalue weighted by molar-refractivity contribution is 0.476. The number of benzene rings is 1. The van der Waals surface area contributed by atoms with E-state index in [4.69, 9.17) is 0 Å². The zero-order chi connectivity index (χ0) is 13.4. The summed E-state index contributed by atoms with van der Waals surface area (Å²) in [6.07, 6.45) is 1.03. The van der Waals surface area contributed by atoms with E-state index < -0.39 is 0 Å². The Bertz CT molecular complexity index is 379. The van der Waals surface area contributed by atoms with Crippen molar-refractivity contribution in [1.82, 2.24) is 10.2 Å². The van der Waals surface area contributed by atoms with Crippen LogP contribution in [-0.4, -0.2) is 31.0 Å². The molecule has 1 aromatic carbocycles. The summed E-state index contributed by atoms with van der Waals surface area (Å²) in [4.78, 5) is 6.55. The molecule has 0 radical (unpaired) electrons. The van der Waals surface area contributed by atoms with Gasteiger partial charge >= 0.3 is 0 Å². The van der Waals surface area contributed by atoms with Gasteiger partial charge in [0.1, 0.15) is 5.82 Å². The maximum Gasteiger partial charge on any atom is 0.193 e. The summed E-state index contributed by atoms with van der Waals surface area (Å²) >= 11 is 0. The first kappa shape index (κ1) is 18.1. The summed E-state index contributed by atoms with van der Waals surface area (Å²) in [5, 5.41) is 3.25. The van der Waals surface area contributed by atoms with Crippen molar-refractivity contribution in [1.29, 1.82) is 0 Å². The number of guanidine groups is 1. The lowest BCUT2D eigenvalue weighted by atomic mass is 10.2.